The average Bonchev–Trinajstić information content (AvgIpc) is 2.88. The third-order valence-corrected chi connectivity index (χ3v) is 3.21. The third-order valence-electron chi connectivity index (χ3n) is 3.21. The summed E-state index contributed by atoms with van der Waals surface area (Å²) in [6.07, 6.45) is 3.57. The van der Waals surface area contributed by atoms with Crippen molar-refractivity contribution in [2.24, 2.45) is 5.92 Å². The van der Waals surface area contributed by atoms with Crippen LogP contribution in [-0.4, -0.2) is 53.8 Å². The zero-order valence-electron chi connectivity index (χ0n) is 11.2. The number of likely N-dealkylation sites (tertiary alicyclic amines) is 1. The van der Waals surface area contributed by atoms with Crippen molar-refractivity contribution < 1.29 is 19.4 Å². The van der Waals surface area contributed by atoms with Crippen LogP contribution in [0.2, 0.25) is 0 Å². The Bertz CT molecular complexity index is 506. The Balaban J connectivity index is 1.95. The van der Waals surface area contributed by atoms with Crippen molar-refractivity contribution in [2.45, 2.75) is 6.42 Å². The van der Waals surface area contributed by atoms with Crippen LogP contribution in [0.4, 0.5) is 10.5 Å². The van der Waals surface area contributed by atoms with Crippen LogP contribution in [0.3, 0.4) is 0 Å². The molecule has 1 saturated heterocycles. The molecule has 2 amide bonds. The second-order valence-corrected chi connectivity index (χ2v) is 4.75. The van der Waals surface area contributed by atoms with Crippen molar-refractivity contribution in [3.8, 4) is 0 Å². The third kappa shape index (κ3) is 3.45. The molecule has 2 rings (SSSR count). The number of hydrogen-bond acceptors (Lipinski definition) is 4. The number of carbonyl (C=O) groups is 2. The van der Waals surface area contributed by atoms with Gasteiger partial charge in [0.15, 0.2) is 0 Å². The van der Waals surface area contributed by atoms with E-state index in [2.05, 4.69) is 10.3 Å². The van der Waals surface area contributed by atoms with Crippen LogP contribution in [-0.2, 0) is 4.74 Å². The molecule has 1 unspecified atom stereocenters. The highest BCUT2D eigenvalue weighted by Gasteiger charge is 2.26. The number of aromatic nitrogens is 1. The molecule has 20 heavy (non-hydrogen) atoms. The van der Waals surface area contributed by atoms with Gasteiger partial charge in [-0.05, 0) is 12.5 Å². The number of carbonyl (C=O) groups excluding carboxylic acids is 1. The number of carboxylic acids is 1. The van der Waals surface area contributed by atoms with Crippen LogP contribution in [0.25, 0.3) is 0 Å². The van der Waals surface area contributed by atoms with Gasteiger partial charge in [-0.15, -0.1) is 0 Å². The SMILES string of the molecule is COCC1CCN(C(=O)Nc2cncc(C(=O)O)c2)C1. The van der Waals surface area contributed by atoms with Crippen LogP contribution in [0, 0.1) is 5.92 Å². The summed E-state index contributed by atoms with van der Waals surface area (Å²) in [5, 5.41) is 11.5. The molecule has 0 saturated carbocycles. The van der Waals surface area contributed by atoms with Crippen LogP contribution >= 0.6 is 0 Å². The van der Waals surface area contributed by atoms with Gasteiger partial charge in [0.05, 0.1) is 24.1 Å². The molecule has 1 aromatic heterocycles. The van der Waals surface area contributed by atoms with Crippen molar-refractivity contribution in [3.63, 3.8) is 0 Å². The average molecular weight is 279 g/mol. The minimum atomic E-state index is -1.07. The van der Waals surface area contributed by atoms with E-state index in [1.165, 1.54) is 18.5 Å². The number of carboxylic acid groups (broad SMARTS) is 1. The Hall–Kier alpha value is -2.15. The van der Waals surface area contributed by atoms with Gasteiger partial charge in [0, 0.05) is 32.3 Å². The quantitative estimate of drug-likeness (QED) is 0.866. The predicted octanol–water partition coefficient (Wildman–Crippen LogP) is 1.28. The number of ether oxygens (including phenoxy) is 1. The fraction of sp³-hybridized carbons (Fsp3) is 0.462. The summed E-state index contributed by atoms with van der Waals surface area (Å²) in [4.78, 5) is 28.4. The van der Waals surface area contributed by atoms with Crippen molar-refractivity contribution >= 4 is 17.7 Å². The van der Waals surface area contributed by atoms with Crippen molar-refractivity contribution in [3.05, 3.63) is 24.0 Å². The van der Waals surface area contributed by atoms with Crippen LogP contribution in [0.1, 0.15) is 16.8 Å². The minimum Gasteiger partial charge on any atom is -0.478 e. The predicted molar refractivity (Wildman–Crippen MR) is 71.8 cm³/mol. The van der Waals surface area contributed by atoms with Crippen molar-refractivity contribution in [1.29, 1.82) is 0 Å². The molecule has 1 aliphatic rings. The van der Waals surface area contributed by atoms with Crippen LogP contribution in [0.5, 0.6) is 0 Å². The van der Waals surface area contributed by atoms with E-state index in [9.17, 15) is 9.59 Å². The second-order valence-electron chi connectivity index (χ2n) is 4.75. The fourth-order valence-corrected chi connectivity index (χ4v) is 2.22. The smallest absolute Gasteiger partial charge is 0.337 e. The van der Waals surface area contributed by atoms with Crippen molar-refractivity contribution in [2.75, 3.05) is 32.1 Å². The number of pyridine rings is 1. The summed E-state index contributed by atoms with van der Waals surface area (Å²) in [5.74, 6) is -0.718. The van der Waals surface area contributed by atoms with E-state index < -0.39 is 5.97 Å². The lowest BCUT2D eigenvalue weighted by Crippen LogP contribution is -2.33. The Morgan fingerprint density at radius 2 is 2.35 bits per heavy atom. The van der Waals surface area contributed by atoms with E-state index in [0.29, 0.717) is 31.3 Å². The zero-order chi connectivity index (χ0) is 14.5. The summed E-state index contributed by atoms with van der Waals surface area (Å²) in [5.41, 5.74) is 0.423. The van der Waals surface area contributed by atoms with Crippen LogP contribution in [0.15, 0.2) is 18.5 Å². The Morgan fingerprint density at radius 3 is 3.05 bits per heavy atom. The molecule has 2 N–H and O–H groups in total. The summed E-state index contributed by atoms with van der Waals surface area (Å²) < 4.78 is 5.08. The zero-order valence-corrected chi connectivity index (χ0v) is 11.2. The molecule has 7 heteroatoms. The second kappa shape index (κ2) is 6.33. The number of rotatable bonds is 4. The maximum atomic E-state index is 12.0. The van der Waals surface area contributed by atoms with Gasteiger partial charge < -0.3 is 20.1 Å². The molecule has 0 radical (unpaired) electrons. The van der Waals surface area contributed by atoms with Crippen LogP contribution < -0.4 is 5.32 Å². The number of hydrogen-bond donors (Lipinski definition) is 2. The molecule has 0 aromatic carbocycles. The van der Waals surface area contributed by atoms with E-state index in [1.807, 2.05) is 0 Å². The molecule has 0 spiro atoms. The molecule has 2 heterocycles. The number of anilines is 1. The van der Waals surface area contributed by atoms with Gasteiger partial charge in [-0.1, -0.05) is 0 Å². The van der Waals surface area contributed by atoms with E-state index in [4.69, 9.17) is 9.84 Å². The largest absolute Gasteiger partial charge is 0.478 e. The van der Waals surface area contributed by atoms with Gasteiger partial charge in [0.1, 0.15) is 0 Å². The number of methoxy groups -OCH3 is 1. The molecule has 1 aliphatic heterocycles. The van der Waals surface area contributed by atoms with Crippen molar-refractivity contribution in [1.82, 2.24) is 9.88 Å². The molecular weight excluding hydrogens is 262 g/mol. The lowest BCUT2D eigenvalue weighted by Gasteiger charge is -2.17. The van der Waals surface area contributed by atoms with Gasteiger partial charge in [0.25, 0.3) is 0 Å². The molecule has 0 bridgehead atoms. The first kappa shape index (κ1) is 14.3. The van der Waals surface area contributed by atoms with E-state index in [0.717, 1.165) is 6.42 Å². The molecule has 7 nitrogen and oxygen atoms in total. The summed E-state index contributed by atoms with van der Waals surface area (Å²) >= 11 is 0. The highest BCUT2D eigenvalue weighted by atomic mass is 16.5. The lowest BCUT2D eigenvalue weighted by atomic mass is 10.1. The molecular formula is C13H17N3O4. The van der Waals surface area contributed by atoms with Gasteiger partial charge in [-0.25, -0.2) is 9.59 Å². The highest BCUT2D eigenvalue weighted by molar-refractivity contribution is 5.92. The van der Waals surface area contributed by atoms with Gasteiger partial charge in [-0.2, -0.15) is 0 Å². The lowest BCUT2D eigenvalue weighted by molar-refractivity contribution is 0.0696. The number of nitrogens with zero attached hydrogens (tertiary/aromatic N) is 2. The molecule has 0 aliphatic carbocycles. The first-order valence-corrected chi connectivity index (χ1v) is 6.33. The molecule has 1 aromatic rings. The fourth-order valence-electron chi connectivity index (χ4n) is 2.22. The Morgan fingerprint density at radius 1 is 1.55 bits per heavy atom. The molecule has 108 valence electrons. The molecule has 1 fully saturated rings. The summed E-state index contributed by atoms with van der Waals surface area (Å²) in [7, 11) is 1.64. The Labute approximate surface area is 116 Å². The van der Waals surface area contributed by atoms with Gasteiger partial charge in [-0.3, -0.25) is 4.98 Å². The number of nitrogens with one attached hydrogen (secondary N) is 1. The van der Waals surface area contributed by atoms with Gasteiger partial charge >= 0.3 is 12.0 Å². The number of aromatic carboxylic acids is 1. The van der Waals surface area contributed by atoms with Gasteiger partial charge in [0.2, 0.25) is 0 Å². The monoisotopic (exact) mass is 279 g/mol. The summed E-state index contributed by atoms with van der Waals surface area (Å²) in [6.45, 7) is 1.96. The normalized spacial score (nSPS) is 18.1. The first-order chi connectivity index (χ1) is 9.60. The highest BCUT2D eigenvalue weighted by Crippen LogP contribution is 2.18. The number of amides is 2. The molecule has 1 atom stereocenters. The standard InChI is InChI=1S/C13H17N3O4/c1-20-8-9-2-3-16(7-9)13(19)15-11-4-10(12(17)18)5-14-6-11/h4-6,9H,2-3,7-8H2,1H3,(H,15,19)(H,17,18). The van der Waals surface area contributed by atoms with E-state index in [-0.39, 0.29) is 11.6 Å². The number of urea groups is 1. The van der Waals surface area contributed by atoms with E-state index >= 15 is 0 Å². The topological polar surface area (TPSA) is 91.8 Å². The maximum Gasteiger partial charge on any atom is 0.337 e. The Kier molecular flexibility index (Phi) is 4.52. The summed E-state index contributed by atoms with van der Waals surface area (Å²) in [6, 6.07) is 1.14. The minimum absolute atomic E-state index is 0.0430. The van der Waals surface area contributed by atoms with E-state index in [1.54, 1.807) is 12.0 Å². The first-order valence-electron chi connectivity index (χ1n) is 6.33. The maximum absolute atomic E-state index is 12.0.